The van der Waals surface area contributed by atoms with Crippen molar-refractivity contribution < 1.29 is 23.9 Å². The van der Waals surface area contributed by atoms with Crippen molar-refractivity contribution in [1.29, 1.82) is 0 Å². The van der Waals surface area contributed by atoms with Gasteiger partial charge in [-0.15, -0.1) is 24.0 Å². The third-order valence-electron chi connectivity index (χ3n) is 12.4. The molecule has 2 aromatic carbocycles. The summed E-state index contributed by atoms with van der Waals surface area (Å²) in [5.74, 6) is 0.442. The second-order valence-electron chi connectivity index (χ2n) is 16.0. The molecule has 3 N–H and O–H groups in total. The molecule has 0 bridgehead atoms. The number of imidazole rings is 2. The first-order valence-electron chi connectivity index (χ1n) is 20.0. The SMILES string of the molecule is COc1nccc(I)c1-c1nc2c(C)c3c(cc2[nH]1)C(=O)N(C1CCN(C)CC1)C3=O.Cc1c2c(cc3[nH]c(-c4c(Cl)cc[nH]c4=O)nc13)C(=O)N(C1CCN(C)CC1)C2=O.I. The lowest BCUT2D eigenvalue weighted by atomic mass is 10.0. The Labute approximate surface area is 391 Å². The van der Waals surface area contributed by atoms with Crippen LogP contribution >= 0.6 is 58.2 Å². The van der Waals surface area contributed by atoms with E-state index in [0.717, 1.165) is 72.1 Å². The van der Waals surface area contributed by atoms with Gasteiger partial charge in [0.1, 0.15) is 17.2 Å². The number of nitrogens with one attached hydrogen (secondary N) is 3. The predicted molar refractivity (Wildman–Crippen MR) is 253 cm³/mol. The number of benzene rings is 2. The molecule has 322 valence electrons. The van der Waals surface area contributed by atoms with E-state index in [1.165, 1.54) is 16.0 Å². The highest BCUT2D eigenvalue weighted by molar-refractivity contribution is 14.1. The van der Waals surface area contributed by atoms with Crippen molar-refractivity contribution in [3.63, 3.8) is 0 Å². The maximum atomic E-state index is 13.3. The molecule has 0 saturated carbocycles. The van der Waals surface area contributed by atoms with E-state index in [4.69, 9.17) is 21.3 Å². The Morgan fingerprint density at radius 2 is 1.18 bits per heavy atom. The van der Waals surface area contributed by atoms with Crippen LogP contribution in [-0.2, 0) is 0 Å². The summed E-state index contributed by atoms with van der Waals surface area (Å²) in [6.07, 6.45) is 6.31. The Balaban J connectivity index is 0.000000168. The van der Waals surface area contributed by atoms with Crippen LogP contribution < -0.4 is 10.3 Å². The molecule has 8 heterocycles. The van der Waals surface area contributed by atoms with Gasteiger partial charge < -0.3 is 29.5 Å². The monoisotopic (exact) mass is 1080 g/mol. The second kappa shape index (κ2) is 17.1. The third-order valence-corrected chi connectivity index (χ3v) is 13.6. The number of aryl methyl sites for hydroxylation is 2. The molecular formula is C43H43ClI2N10O6. The first-order chi connectivity index (χ1) is 29.3. The Morgan fingerprint density at radius 3 is 1.63 bits per heavy atom. The van der Waals surface area contributed by atoms with Gasteiger partial charge >= 0.3 is 0 Å². The van der Waals surface area contributed by atoms with Gasteiger partial charge in [-0.25, -0.2) is 15.0 Å². The van der Waals surface area contributed by atoms with E-state index in [1.54, 1.807) is 38.4 Å². The first-order valence-corrected chi connectivity index (χ1v) is 21.5. The quantitative estimate of drug-likeness (QED) is 0.127. The summed E-state index contributed by atoms with van der Waals surface area (Å²) in [5.41, 5.74) is 6.22. The molecule has 0 aliphatic carbocycles. The van der Waals surface area contributed by atoms with E-state index in [-0.39, 0.29) is 75.8 Å². The van der Waals surface area contributed by atoms with Gasteiger partial charge in [0.05, 0.1) is 62.0 Å². The zero-order valence-corrected chi connectivity index (χ0v) is 39.8. The molecule has 62 heavy (non-hydrogen) atoms. The minimum absolute atomic E-state index is 0. The third kappa shape index (κ3) is 7.29. The summed E-state index contributed by atoms with van der Waals surface area (Å²) in [5, 5.41) is 0.267. The minimum Gasteiger partial charge on any atom is -0.480 e. The molecule has 4 aliphatic rings. The topological polar surface area (TPSA) is 194 Å². The number of carbonyl (C=O) groups is 4. The molecule has 4 amide bonds. The Morgan fingerprint density at radius 1 is 0.710 bits per heavy atom. The molecule has 4 aromatic heterocycles. The standard InChI is InChI=1S/C22H22IN5O3.C21H20ClN5O3.HI/c1-11-16-13(21(29)28(22(16)30)12-5-8-27(2)9-6-12)10-15-18(11)26-19(25-15)17-14(23)4-7-24-20(17)31-3;1-10-15-12(20(29)27(21(15)30)11-4-7-26(2)8-5-11)9-14-17(10)25-18(24-14)16-13(22)3-6-23-19(16)28;/h4,7,10,12H,5-6,8-9H2,1-3H3,(H,25,26);3,6,9,11H,4-5,7-8H2,1-2H3,(H,23,28)(H,24,25);1H. The number of ether oxygens (including phenoxy) is 1. The molecule has 4 aliphatic heterocycles. The number of halogens is 3. The Kier molecular flexibility index (Phi) is 12.1. The summed E-state index contributed by atoms with van der Waals surface area (Å²) in [6, 6.07) is 6.74. The number of fused-ring (bicyclic) bond motifs is 4. The van der Waals surface area contributed by atoms with Crippen LogP contribution in [0.3, 0.4) is 0 Å². The highest BCUT2D eigenvalue weighted by Crippen LogP contribution is 2.38. The fourth-order valence-corrected chi connectivity index (χ4v) is 9.96. The summed E-state index contributed by atoms with van der Waals surface area (Å²) in [4.78, 5) is 95.0. The van der Waals surface area contributed by atoms with Crippen molar-refractivity contribution in [3.05, 3.63) is 89.0 Å². The first kappa shape index (κ1) is 43.9. The molecule has 2 saturated heterocycles. The summed E-state index contributed by atoms with van der Waals surface area (Å²) < 4.78 is 6.35. The van der Waals surface area contributed by atoms with Gasteiger partial charge in [0.2, 0.25) is 5.88 Å². The van der Waals surface area contributed by atoms with Gasteiger partial charge in [0.15, 0.2) is 0 Å². The zero-order chi connectivity index (χ0) is 43.0. The number of hydrogen-bond acceptors (Lipinski definition) is 11. The molecule has 16 nitrogen and oxygen atoms in total. The van der Waals surface area contributed by atoms with E-state index in [1.807, 2.05) is 20.0 Å². The lowest BCUT2D eigenvalue weighted by Gasteiger charge is -2.33. The number of piperidine rings is 2. The van der Waals surface area contributed by atoms with Crippen LogP contribution in [0.4, 0.5) is 0 Å². The summed E-state index contributed by atoms with van der Waals surface area (Å²) >= 11 is 8.41. The maximum Gasteiger partial charge on any atom is 0.262 e. The fraction of sp³-hybridized carbons (Fsp3) is 0.349. The number of likely N-dealkylation sites (tertiary alicyclic amines) is 2. The Hall–Kier alpha value is -4.77. The van der Waals surface area contributed by atoms with Crippen molar-refractivity contribution in [2.75, 3.05) is 47.4 Å². The van der Waals surface area contributed by atoms with E-state index < -0.39 is 0 Å². The number of H-pyrrole nitrogens is 3. The number of amides is 4. The van der Waals surface area contributed by atoms with Gasteiger partial charge in [-0.05, 0) is 138 Å². The fourth-order valence-electron chi connectivity index (χ4n) is 9.07. The van der Waals surface area contributed by atoms with Crippen molar-refractivity contribution >= 4 is 104 Å². The molecule has 19 heteroatoms. The van der Waals surface area contributed by atoms with Crippen molar-refractivity contribution in [3.8, 4) is 28.7 Å². The largest absolute Gasteiger partial charge is 0.480 e. The highest BCUT2D eigenvalue weighted by atomic mass is 127. The van der Waals surface area contributed by atoms with Crippen LogP contribution in [0.25, 0.3) is 44.8 Å². The van der Waals surface area contributed by atoms with Crippen molar-refractivity contribution in [1.82, 2.24) is 49.5 Å². The van der Waals surface area contributed by atoms with E-state index in [0.29, 0.717) is 61.9 Å². The van der Waals surface area contributed by atoms with Crippen LogP contribution in [0.1, 0.15) is 78.2 Å². The van der Waals surface area contributed by atoms with Gasteiger partial charge in [-0.2, -0.15) is 0 Å². The van der Waals surface area contributed by atoms with Gasteiger partial charge in [0, 0.05) is 28.0 Å². The number of nitrogens with zero attached hydrogens (tertiary/aromatic N) is 7. The lowest BCUT2D eigenvalue weighted by molar-refractivity contribution is 0.0501. The number of aromatic amines is 3. The average Bonchev–Trinajstić information content (AvgIpc) is 3.98. The number of hydrogen-bond donors (Lipinski definition) is 3. The number of carbonyl (C=O) groups excluding carboxylic acids is 4. The molecule has 2 fully saturated rings. The molecular weight excluding hydrogens is 1040 g/mol. The number of rotatable bonds is 5. The van der Waals surface area contributed by atoms with Gasteiger partial charge in [-0.1, -0.05) is 11.6 Å². The van der Waals surface area contributed by atoms with Crippen LogP contribution in [0.2, 0.25) is 5.02 Å². The van der Waals surface area contributed by atoms with Crippen LogP contribution in [0.15, 0.2) is 41.5 Å². The molecule has 0 unspecified atom stereocenters. The molecule has 10 rings (SSSR count). The van der Waals surface area contributed by atoms with Crippen LogP contribution in [0.5, 0.6) is 5.88 Å². The molecule has 0 radical (unpaired) electrons. The number of methoxy groups -OCH3 is 1. The predicted octanol–water partition coefficient (Wildman–Crippen LogP) is 6.42. The molecule has 0 atom stereocenters. The zero-order valence-electron chi connectivity index (χ0n) is 34.5. The van der Waals surface area contributed by atoms with Crippen molar-refractivity contribution in [2.24, 2.45) is 0 Å². The smallest absolute Gasteiger partial charge is 0.262 e. The lowest BCUT2D eigenvalue weighted by Crippen LogP contribution is -2.46. The summed E-state index contributed by atoms with van der Waals surface area (Å²) in [7, 11) is 5.67. The minimum atomic E-state index is -0.368. The summed E-state index contributed by atoms with van der Waals surface area (Å²) in [6.45, 7) is 7.12. The number of imide groups is 2. The van der Waals surface area contributed by atoms with E-state index in [2.05, 4.69) is 64.4 Å². The van der Waals surface area contributed by atoms with E-state index in [9.17, 15) is 24.0 Å². The normalized spacial score (nSPS) is 17.5. The molecule has 0 spiro atoms. The highest BCUT2D eigenvalue weighted by Gasteiger charge is 2.44. The Bertz CT molecular complexity index is 2900. The molecule has 6 aromatic rings. The number of aromatic nitrogens is 6. The van der Waals surface area contributed by atoms with Gasteiger partial charge in [0.25, 0.3) is 29.2 Å². The van der Waals surface area contributed by atoms with Crippen LogP contribution in [-0.4, -0.2) is 133 Å². The van der Waals surface area contributed by atoms with Gasteiger partial charge in [-0.3, -0.25) is 33.8 Å². The van der Waals surface area contributed by atoms with E-state index >= 15 is 0 Å². The average molecular weight is 1090 g/mol. The van der Waals surface area contributed by atoms with Crippen molar-refractivity contribution in [2.45, 2.75) is 51.6 Å². The number of pyridine rings is 2. The van der Waals surface area contributed by atoms with Crippen LogP contribution in [0, 0.1) is 17.4 Å². The maximum absolute atomic E-state index is 13.3. The second-order valence-corrected chi connectivity index (χ2v) is 17.6.